The van der Waals surface area contributed by atoms with Crippen molar-refractivity contribution in [2.24, 2.45) is 5.92 Å². The Kier molecular flexibility index (Phi) is 4.10. The average molecular weight is 330 g/mol. The van der Waals surface area contributed by atoms with E-state index in [1.165, 1.54) is 12.8 Å². The van der Waals surface area contributed by atoms with Crippen molar-refractivity contribution in [1.82, 2.24) is 15.1 Å². The number of anilines is 1. The molecule has 0 saturated carbocycles. The predicted octanol–water partition coefficient (Wildman–Crippen LogP) is 2.33. The average Bonchev–Trinajstić information content (AvgIpc) is 2.88. The molecule has 2 saturated heterocycles. The van der Waals surface area contributed by atoms with Gasteiger partial charge in [0.15, 0.2) is 5.82 Å². The summed E-state index contributed by atoms with van der Waals surface area (Å²) in [5, 5.41) is 8.06. The van der Waals surface area contributed by atoms with Gasteiger partial charge in [-0.25, -0.2) is 0 Å². The van der Waals surface area contributed by atoms with Crippen LogP contribution in [-0.2, 0) is 4.74 Å². The van der Waals surface area contributed by atoms with E-state index in [-0.39, 0.29) is 6.10 Å². The van der Waals surface area contributed by atoms with Gasteiger partial charge < -0.3 is 15.2 Å². The Morgan fingerprint density at radius 2 is 2.08 bits per heavy atom. The van der Waals surface area contributed by atoms with E-state index in [2.05, 4.69) is 28.1 Å². The van der Waals surface area contributed by atoms with E-state index in [0.717, 1.165) is 48.5 Å². The zero-order chi connectivity index (χ0) is 16.7. The fraction of sp³-hybridized carbons (Fsp3) is 0.611. The highest BCUT2D eigenvalue weighted by Crippen LogP contribution is 2.30. The van der Waals surface area contributed by atoms with E-state index in [1.807, 2.05) is 13.0 Å². The number of aryl methyl sites for hydroxylation is 1. The van der Waals surface area contributed by atoms with Crippen molar-refractivity contribution >= 4 is 16.7 Å². The molecule has 130 valence electrons. The molecular weight excluding hydrogens is 304 g/mol. The van der Waals surface area contributed by atoms with E-state index in [1.54, 1.807) is 0 Å². The third kappa shape index (κ3) is 2.84. The molecule has 4 rings (SSSR count). The number of likely N-dealkylation sites (tertiary alicyclic amines) is 1. The van der Waals surface area contributed by atoms with E-state index >= 15 is 0 Å². The summed E-state index contributed by atoms with van der Waals surface area (Å²) >= 11 is 0. The van der Waals surface area contributed by atoms with Gasteiger partial charge in [0, 0.05) is 11.5 Å². The number of hydrogen-bond donors (Lipinski definition) is 2. The molecule has 0 bridgehead atoms. The number of fused-ring (bicyclic) bond motifs is 1. The third-order valence-electron chi connectivity index (χ3n) is 5.56. The molecule has 3 N–H and O–H groups in total. The lowest BCUT2D eigenvalue weighted by Gasteiger charge is -2.42. The van der Waals surface area contributed by atoms with Crippen molar-refractivity contribution in [3.05, 3.63) is 17.7 Å². The first-order chi connectivity index (χ1) is 11.6. The molecule has 3 heterocycles. The van der Waals surface area contributed by atoms with Crippen LogP contribution < -0.4 is 10.5 Å². The SMILES string of the molecule is Cc1cc(OC(C)C2CCN(C3COC3)CC2)cc2[nH]nc(N)c12. The molecule has 0 spiro atoms. The topological polar surface area (TPSA) is 76.4 Å². The van der Waals surface area contributed by atoms with Gasteiger partial charge in [0.25, 0.3) is 0 Å². The van der Waals surface area contributed by atoms with Gasteiger partial charge in [-0.05, 0) is 57.3 Å². The largest absolute Gasteiger partial charge is 0.490 e. The number of benzene rings is 1. The van der Waals surface area contributed by atoms with Crippen molar-refractivity contribution in [3.63, 3.8) is 0 Å². The standard InChI is InChI=1S/C18H26N4O2/c1-11-7-15(8-16-17(11)18(19)21-20-16)24-12(2)13-3-5-22(6-4-13)14-9-23-10-14/h7-8,12-14H,3-6,9-10H2,1-2H3,(H3,19,20,21). The van der Waals surface area contributed by atoms with Crippen LogP contribution in [0.1, 0.15) is 25.3 Å². The number of hydrogen-bond acceptors (Lipinski definition) is 5. The lowest BCUT2D eigenvalue weighted by atomic mass is 9.91. The highest BCUT2D eigenvalue weighted by atomic mass is 16.5. The highest BCUT2D eigenvalue weighted by molar-refractivity contribution is 5.92. The minimum absolute atomic E-state index is 0.210. The van der Waals surface area contributed by atoms with Crippen LogP contribution >= 0.6 is 0 Å². The number of nitrogens with one attached hydrogen (secondary N) is 1. The third-order valence-corrected chi connectivity index (χ3v) is 5.56. The van der Waals surface area contributed by atoms with Crippen LogP contribution in [0.5, 0.6) is 5.75 Å². The number of rotatable bonds is 4. The lowest BCUT2D eigenvalue weighted by molar-refractivity contribution is -0.0775. The molecule has 1 atom stereocenters. The summed E-state index contributed by atoms with van der Waals surface area (Å²) in [6, 6.07) is 4.72. The Bertz CT molecular complexity index is 717. The van der Waals surface area contributed by atoms with Crippen LogP contribution in [0.3, 0.4) is 0 Å². The van der Waals surface area contributed by atoms with Crippen LogP contribution in [0.2, 0.25) is 0 Å². The molecule has 6 nitrogen and oxygen atoms in total. The van der Waals surface area contributed by atoms with Gasteiger partial charge in [0.2, 0.25) is 0 Å². The fourth-order valence-corrected chi connectivity index (χ4v) is 3.93. The van der Waals surface area contributed by atoms with Crippen LogP contribution in [0.15, 0.2) is 12.1 Å². The zero-order valence-corrected chi connectivity index (χ0v) is 14.4. The van der Waals surface area contributed by atoms with E-state index in [9.17, 15) is 0 Å². The van der Waals surface area contributed by atoms with Gasteiger partial charge in [0.05, 0.1) is 30.9 Å². The molecule has 2 aromatic rings. The monoisotopic (exact) mass is 330 g/mol. The minimum atomic E-state index is 0.210. The molecule has 2 fully saturated rings. The number of nitrogens with zero attached hydrogens (tertiary/aromatic N) is 2. The Labute approximate surface area is 142 Å². The van der Waals surface area contributed by atoms with Gasteiger partial charge in [-0.1, -0.05) is 0 Å². The second-order valence-electron chi connectivity index (χ2n) is 7.16. The summed E-state index contributed by atoms with van der Waals surface area (Å²) in [4.78, 5) is 2.57. The number of nitrogen functional groups attached to an aromatic ring is 1. The molecule has 1 aromatic heterocycles. The maximum Gasteiger partial charge on any atom is 0.153 e. The summed E-state index contributed by atoms with van der Waals surface area (Å²) in [6.07, 6.45) is 2.59. The molecule has 2 aliphatic rings. The first kappa shape index (κ1) is 15.7. The zero-order valence-electron chi connectivity index (χ0n) is 14.4. The molecule has 0 radical (unpaired) electrons. The summed E-state index contributed by atoms with van der Waals surface area (Å²) in [5.74, 6) is 2.05. The highest BCUT2D eigenvalue weighted by Gasteiger charge is 2.31. The molecule has 0 amide bonds. The molecule has 6 heteroatoms. The van der Waals surface area contributed by atoms with Crippen molar-refractivity contribution in [2.75, 3.05) is 32.0 Å². The first-order valence-electron chi connectivity index (χ1n) is 8.84. The minimum Gasteiger partial charge on any atom is -0.490 e. The normalized spacial score (nSPS) is 21.8. The van der Waals surface area contributed by atoms with Crippen LogP contribution in [0.4, 0.5) is 5.82 Å². The molecular formula is C18H26N4O2. The van der Waals surface area contributed by atoms with E-state index < -0.39 is 0 Å². The Balaban J connectivity index is 1.40. The Morgan fingerprint density at radius 1 is 1.33 bits per heavy atom. The van der Waals surface area contributed by atoms with Crippen LogP contribution in [0.25, 0.3) is 10.9 Å². The number of ether oxygens (including phenoxy) is 2. The van der Waals surface area contributed by atoms with Crippen molar-refractivity contribution < 1.29 is 9.47 Å². The number of nitrogens with two attached hydrogens (primary N) is 1. The number of H-pyrrole nitrogens is 1. The van der Waals surface area contributed by atoms with E-state index in [4.69, 9.17) is 15.2 Å². The second-order valence-corrected chi connectivity index (χ2v) is 7.16. The predicted molar refractivity (Wildman–Crippen MR) is 94.2 cm³/mol. The van der Waals surface area contributed by atoms with Crippen LogP contribution in [0, 0.1) is 12.8 Å². The maximum atomic E-state index is 6.26. The van der Waals surface area contributed by atoms with Crippen molar-refractivity contribution in [2.45, 2.75) is 38.8 Å². The second kappa shape index (κ2) is 6.26. The molecule has 1 aromatic carbocycles. The van der Waals surface area contributed by atoms with Gasteiger partial charge in [-0.2, -0.15) is 5.10 Å². The molecule has 1 unspecified atom stereocenters. The van der Waals surface area contributed by atoms with Gasteiger partial charge in [-0.15, -0.1) is 0 Å². The van der Waals surface area contributed by atoms with Gasteiger partial charge in [0.1, 0.15) is 5.75 Å². The first-order valence-corrected chi connectivity index (χ1v) is 8.84. The molecule has 24 heavy (non-hydrogen) atoms. The lowest BCUT2D eigenvalue weighted by Crippen LogP contribution is -2.52. The smallest absolute Gasteiger partial charge is 0.153 e. The van der Waals surface area contributed by atoms with Gasteiger partial charge >= 0.3 is 0 Å². The van der Waals surface area contributed by atoms with Crippen molar-refractivity contribution in [3.8, 4) is 5.75 Å². The summed E-state index contributed by atoms with van der Waals surface area (Å²) in [5.41, 5.74) is 7.94. The fourth-order valence-electron chi connectivity index (χ4n) is 3.93. The van der Waals surface area contributed by atoms with Gasteiger partial charge in [-0.3, -0.25) is 10.00 Å². The quantitative estimate of drug-likeness (QED) is 0.900. The Morgan fingerprint density at radius 3 is 2.75 bits per heavy atom. The Hall–Kier alpha value is -1.79. The summed E-state index contributed by atoms with van der Waals surface area (Å²) in [7, 11) is 0. The maximum absolute atomic E-state index is 6.26. The molecule has 2 aliphatic heterocycles. The number of aromatic amines is 1. The summed E-state index contributed by atoms with van der Waals surface area (Å²) < 4.78 is 11.6. The van der Waals surface area contributed by atoms with E-state index in [0.29, 0.717) is 17.8 Å². The number of aromatic nitrogens is 2. The van der Waals surface area contributed by atoms with Crippen LogP contribution in [-0.4, -0.2) is 53.5 Å². The van der Waals surface area contributed by atoms with Crippen molar-refractivity contribution in [1.29, 1.82) is 0 Å². The number of piperidine rings is 1. The summed E-state index contributed by atoms with van der Waals surface area (Å²) in [6.45, 7) is 8.36. The molecule has 0 aliphatic carbocycles.